The highest BCUT2D eigenvalue weighted by Crippen LogP contribution is 2.29. The molecule has 102 valence electrons. The molecule has 0 amide bonds. The van der Waals surface area contributed by atoms with Crippen molar-refractivity contribution in [1.82, 2.24) is 9.62 Å². The Balaban J connectivity index is 2.27. The molecule has 1 saturated heterocycles. The first kappa shape index (κ1) is 13.4. The molecule has 0 radical (unpaired) electrons. The zero-order valence-corrected chi connectivity index (χ0v) is 10.3. The molecule has 18 heavy (non-hydrogen) atoms. The molecule has 8 heteroatoms. The third kappa shape index (κ3) is 2.39. The number of nitrogens with one attached hydrogen (secondary N) is 1. The molecule has 1 aliphatic heterocycles. The monoisotopic (exact) mass is 282 g/mol. The van der Waals surface area contributed by atoms with Gasteiger partial charge in [0.05, 0.1) is 0 Å². The molecule has 4 nitrogen and oxygen atoms in total. The van der Waals surface area contributed by atoms with Crippen molar-refractivity contribution in [3.8, 4) is 0 Å². The second-order valence-corrected chi connectivity index (χ2v) is 6.07. The van der Waals surface area contributed by atoms with E-state index in [1.807, 2.05) is 6.08 Å². The number of halogens is 3. The molecule has 2 aliphatic rings. The van der Waals surface area contributed by atoms with E-state index in [4.69, 9.17) is 0 Å². The molecule has 0 spiro atoms. The van der Waals surface area contributed by atoms with Gasteiger partial charge in [0, 0.05) is 25.3 Å². The highest BCUT2D eigenvalue weighted by atomic mass is 32.2. The third-order valence-corrected chi connectivity index (χ3v) is 4.48. The van der Waals surface area contributed by atoms with Gasteiger partial charge in [0.25, 0.3) is 0 Å². The number of sulfonamides is 1. The fourth-order valence-corrected chi connectivity index (χ4v) is 2.93. The summed E-state index contributed by atoms with van der Waals surface area (Å²) in [5, 5.41) is 2.96. The number of allylic oxidation sites excluding steroid dienone is 2. The van der Waals surface area contributed by atoms with E-state index in [1.165, 1.54) is 0 Å². The Labute approximate surface area is 103 Å². The lowest BCUT2D eigenvalue weighted by Crippen LogP contribution is -2.42. The van der Waals surface area contributed by atoms with Crippen LogP contribution in [-0.2, 0) is 10.0 Å². The normalized spacial score (nSPS) is 22.4. The molecule has 1 aliphatic carbocycles. The average molecular weight is 282 g/mol. The second kappa shape index (κ2) is 4.58. The van der Waals surface area contributed by atoms with E-state index < -0.39 is 15.5 Å². The standard InChI is InChI=1S/C10H13F3N2O2S/c11-10(12,13)18(16,17)15-6-5-14-9-4-2-1-3-8(9)7-15/h3-4,14H,1-2,5-7H2. The van der Waals surface area contributed by atoms with Gasteiger partial charge >= 0.3 is 15.5 Å². The number of hydrogen-bond acceptors (Lipinski definition) is 3. The molecular weight excluding hydrogens is 269 g/mol. The van der Waals surface area contributed by atoms with Crippen molar-refractivity contribution >= 4 is 10.0 Å². The molecule has 1 fully saturated rings. The van der Waals surface area contributed by atoms with Crippen LogP contribution in [0.2, 0.25) is 0 Å². The maximum absolute atomic E-state index is 12.5. The van der Waals surface area contributed by atoms with Crippen LogP contribution >= 0.6 is 0 Å². The average Bonchev–Trinajstić information content (AvgIpc) is 2.49. The number of rotatable bonds is 1. The fraction of sp³-hybridized carbons (Fsp3) is 0.600. The Kier molecular flexibility index (Phi) is 3.41. The van der Waals surface area contributed by atoms with Gasteiger partial charge in [-0.3, -0.25) is 0 Å². The van der Waals surface area contributed by atoms with Crippen LogP contribution < -0.4 is 5.32 Å². The van der Waals surface area contributed by atoms with Crippen LogP contribution in [0.1, 0.15) is 12.8 Å². The van der Waals surface area contributed by atoms with Gasteiger partial charge in [0.15, 0.2) is 0 Å². The number of hydrogen-bond donors (Lipinski definition) is 1. The predicted molar refractivity (Wildman–Crippen MR) is 60.0 cm³/mol. The van der Waals surface area contributed by atoms with E-state index in [-0.39, 0.29) is 19.6 Å². The summed E-state index contributed by atoms with van der Waals surface area (Å²) in [6.07, 6.45) is 5.21. The Hall–Kier alpha value is -1.02. The summed E-state index contributed by atoms with van der Waals surface area (Å²) < 4.78 is 60.7. The van der Waals surface area contributed by atoms with Gasteiger partial charge in [-0.15, -0.1) is 0 Å². The summed E-state index contributed by atoms with van der Waals surface area (Å²) in [5.41, 5.74) is -3.87. The van der Waals surface area contributed by atoms with E-state index in [0.717, 1.165) is 18.5 Å². The lowest BCUT2D eigenvalue weighted by atomic mass is 10.0. The smallest absolute Gasteiger partial charge is 0.384 e. The molecular formula is C10H13F3N2O2S. The molecule has 1 heterocycles. The first-order chi connectivity index (χ1) is 8.32. The molecule has 0 atom stereocenters. The zero-order valence-electron chi connectivity index (χ0n) is 9.50. The maximum Gasteiger partial charge on any atom is 0.511 e. The SMILES string of the molecule is O=S(=O)(N1CCNC2=CCCC=C2C1)C(F)(F)F. The van der Waals surface area contributed by atoms with Crippen LogP contribution in [-0.4, -0.2) is 37.9 Å². The zero-order chi connectivity index (χ0) is 13.4. The van der Waals surface area contributed by atoms with Crippen molar-refractivity contribution in [2.45, 2.75) is 18.3 Å². The van der Waals surface area contributed by atoms with Crippen molar-refractivity contribution < 1.29 is 21.6 Å². The van der Waals surface area contributed by atoms with Crippen LogP contribution in [0.3, 0.4) is 0 Å². The Morgan fingerprint density at radius 3 is 2.56 bits per heavy atom. The number of fused-ring (bicyclic) bond motifs is 1. The highest BCUT2D eigenvalue weighted by molar-refractivity contribution is 7.90. The van der Waals surface area contributed by atoms with E-state index in [9.17, 15) is 21.6 Å². The van der Waals surface area contributed by atoms with Crippen LogP contribution in [0, 0.1) is 0 Å². The Bertz CT molecular complexity index is 494. The molecule has 0 aromatic rings. The highest BCUT2D eigenvalue weighted by Gasteiger charge is 2.50. The fourth-order valence-electron chi connectivity index (χ4n) is 2.00. The van der Waals surface area contributed by atoms with Crippen molar-refractivity contribution in [2.75, 3.05) is 19.6 Å². The minimum Gasteiger partial charge on any atom is -0.384 e. The van der Waals surface area contributed by atoms with Crippen molar-refractivity contribution in [3.05, 3.63) is 23.4 Å². The largest absolute Gasteiger partial charge is 0.511 e. The lowest BCUT2D eigenvalue weighted by Gasteiger charge is -2.22. The van der Waals surface area contributed by atoms with Crippen LogP contribution in [0.15, 0.2) is 23.4 Å². The van der Waals surface area contributed by atoms with Gasteiger partial charge in [-0.2, -0.15) is 17.5 Å². The summed E-state index contributed by atoms with van der Waals surface area (Å²) in [6, 6.07) is 0. The van der Waals surface area contributed by atoms with E-state index in [0.29, 0.717) is 9.88 Å². The molecule has 0 saturated carbocycles. The first-order valence-electron chi connectivity index (χ1n) is 5.52. The quantitative estimate of drug-likeness (QED) is 0.789. The van der Waals surface area contributed by atoms with E-state index in [1.54, 1.807) is 6.08 Å². The maximum atomic E-state index is 12.5. The summed E-state index contributed by atoms with van der Waals surface area (Å²) in [7, 11) is -5.25. The summed E-state index contributed by atoms with van der Waals surface area (Å²) >= 11 is 0. The minimum atomic E-state index is -5.25. The second-order valence-electron chi connectivity index (χ2n) is 4.14. The minimum absolute atomic E-state index is 0.179. The Morgan fingerprint density at radius 1 is 1.22 bits per heavy atom. The topological polar surface area (TPSA) is 49.4 Å². The molecule has 0 unspecified atom stereocenters. The first-order valence-corrected chi connectivity index (χ1v) is 6.96. The van der Waals surface area contributed by atoms with E-state index >= 15 is 0 Å². The number of nitrogens with zero attached hydrogens (tertiary/aromatic N) is 1. The van der Waals surface area contributed by atoms with Crippen LogP contribution in [0.25, 0.3) is 0 Å². The van der Waals surface area contributed by atoms with Crippen LogP contribution in [0.4, 0.5) is 13.2 Å². The number of alkyl halides is 3. The van der Waals surface area contributed by atoms with Gasteiger partial charge < -0.3 is 5.32 Å². The summed E-state index contributed by atoms with van der Waals surface area (Å²) in [4.78, 5) is 0. The third-order valence-electron chi connectivity index (χ3n) is 2.91. The van der Waals surface area contributed by atoms with Crippen LogP contribution in [0.5, 0.6) is 0 Å². The summed E-state index contributed by atoms with van der Waals surface area (Å²) in [5.74, 6) is 0. The van der Waals surface area contributed by atoms with Gasteiger partial charge in [0.2, 0.25) is 0 Å². The van der Waals surface area contributed by atoms with Crippen molar-refractivity contribution in [2.24, 2.45) is 0 Å². The van der Waals surface area contributed by atoms with Gasteiger partial charge in [-0.1, -0.05) is 12.2 Å². The van der Waals surface area contributed by atoms with Crippen molar-refractivity contribution in [3.63, 3.8) is 0 Å². The molecule has 0 aromatic heterocycles. The van der Waals surface area contributed by atoms with Gasteiger partial charge in [0.1, 0.15) is 0 Å². The van der Waals surface area contributed by atoms with E-state index in [2.05, 4.69) is 5.32 Å². The van der Waals surface area contributed by atoms with Gasteiger partial charge in [-0.05, 0) is 18.4 Å². The molecule has 0 bridgehead atoms. The molecule has 0 aromatic carbocycles. The molecule has 2 rings (SSSR count). The lowest BCUT2D eigenvalue weighted by molar-refractivity contribution is -0.0485. The predicted octanol–water partition coefficient (Wildman–Crippen LogP) is 1.35. The van der Waals surface area contributed by atoms with Crippen molar-refractivity contribution in [1.29, 1.82) is 0 Å². The Morgan fingerprint density at radius 2 is 1.89 bits per heavy atom. The summed E-state index contributed by atoms with van der Waals surface area (Å²) in [6.45, 7) is -0.227. The molecule has 1 N–H and O–H groups in total. The van der Waals surface area contributed by atoms with Gasteiger partial charge in [-0.25, -0.2) is 8.42 Å².